The molecule has 0 spiro atoms. The second-order valence-corrected chi connectivity index (χ2v) is 5.19. The number of nitrogens with zero attached hydrogens (tertiary/aromatic N) is 1. The summed E-state index contributed by atoms with van der Waals surface area (Å²) in [7, 11) is 0. The third-order valence-corrected chi connectivity index (χ3v) is 3.27. The minimum atomic E-state index is -0.337. The van der Waals surface area contributed by atoms with Gasteiger partial charge in [0.15, 0.2) is 0 Å². The topological polar surface area (TPSA) is 90.8 Å². The number of anilines is 1. The molecule has 124 valence electrons. The molecule has 2 aromatic carbocycles. The van der Waals surface area contributed by atoms with E-state index in [2.05, 4.69) is 15.8 Å². The minimum Gasteiger partial charge on any atom is -0.508 e. The van der Waals surface area contributed by atoms with Gasteiger partial charge in [-0.15, -0.1) is 0 Å². The van der Waals surface area contributed by atoms with Gasteiger partial charge in [0.05, 0.1) is 5.71 Å². The summed E-state index contributed by atoms with van der Waals surface area (Å²) >= 11 is 0. The Kier molecular flexibility index (Phi) is 6.08. The van der Waals surface area contributed by atoms with Gasteiger partial charge in [-0.25, -0.2) is 5.43 Å². The maximum atomic E-state index is 11.8. The molecule has 2 amide bonds. The lowest BCUT2D eigenvalue weighted by Crippen LogP contribution is -2.21. The Bertz CT molecular complexity index is 725. The molecule has 0 aromatic heterocycles. The van der Waals surface area contributed by atoms with E-state index in [9.17, 15) is 14.7 Å². The average Bonchev–Trinajstić information content (AvgIpc) is 2.59. The fourth-order valence-corrected chi connectivity index (χ4v) is 1.94. The summed E-state index contributed by atoms with van der Waals surface area (Å²) < 4.78 is 0. The highest BCUT2D eigenvalue weighted by molar-refractivity contribution is 5.99. The summed E-state index contributed by atoms with van der Waals surface area (Å²) in [6.07, 6.45) is 0.125. The monoisotopic (exact) mass is 325 g/mol. The number of phenolic OH excluding ortho intramolecular Hbond substituents is 1. The lowest BCUT2D eigenvalue weighted by molar-refractivity contribution is -0.124. The number of benzene rings is 2. The van der Waals surface area contributed by atoms with Crippen molar-refractivity contribution in [2.24, 2.45) is 5.10 Å². The molecule has 0 bridgehead atoms. The third-order valence-electron chi connectivity index (χ3n) is 3.27. The second kappa shape index (κ2) is 8.47. The Morgan fingerprint density at radius 3 is 2.25 bits per heavy atom. The number of hydrogen-bond donors (Lipinski definition) is 3. The van der Waals surface area contributed by atoms with Crippen LogP contribution in [0.5, 0.6) is 5.75 Å². The zero-order valence-corrected chi connectivity index (χ0v) is 13.3. The molecular weight excluding hydrogens is 306 g/mol. The number of aromatic hydroxyl groups is 1. The van der Waals surface area contributed by atoms with Crippen molar-refractivity contribution in [3.05, 3.63) is 60.2 Å². The molecule has 2 aromatic rings. The summed E-state index contributed by atoms with van der Waals surface area (Å²) in [5.41, 5.74) is 4.51. The van der Waals surface area contributed by atoms with Gasteiger partial charge in [0, 0.05) is 18.5 Å². The van der Waals surface area contributed by atoms with Gasteiger partial charge in [0.1, 0.15) is 5.75 Å². The van der Waals surface area contributed by atoms with Crippen LogP contribution in [-0.4, -0.2) is 22.6 Å². The SMILES string of the molecule is C/C(=N\NC(=O)CCC(=O)Nc1ccccc1)c1ccc(O)cc1. The van der Waals surface area contributed by atoms with Gasteiger partial charge in [0.2, 0.25) is 11.8 Å². The van der Waals surface area contributed by atoms with Gasteiger partial charge in [0.25, 0.3) is 0 Å². The number of para-hydroxylation sites is 1. The van der Waals surface area contributed by atoms with Crippen molar-refractivity contribution in [1.29, 1.82) is 0 Å². The molecule has 0 saturated heterocycles. The quantitative estimate of drug-likeness (QED) is 0.563. The first kappa shape index (κ1) is 17.2. The molecule has 24 heavy (non-hydrogen) atoms. The molecule has 6 nitrogen and oxygen atoms in total. The number of amides is 2. The molecule has 3 N–H and O–H groups in total. The van der Waals surface area contributed by atoms with Gasteiger partial charge in [-0.05, 0) is 48.9 Å². The predicted molar refractivity (Wildman–Crippen MR) is 92.8 cm³/mol. The Morgan fingerprint density at radius 2 is 1.58 bits per heavy atom. The third kappa shape index (κ3) is 5.57. The molecule has 6 heteroatoms. The zero-order chi connectivity index (χ0) is 17.4. The van der Waals surface area contributed by atoms with Crippen molar-refractivity contribution >= 4 is 23.2 Å². The molecule has 0 fully saturated rings. The van der Waals surface area contributed by atoms with Gasteiger partial charge in [-0.2, -0.15) is 5.10 Å². The Labute approximate surface area is 140 Å². The molecule has 0 heterocycles. The maximum absolute atomic E-state index is 11.8. The van der Waals surface area contributed by atoms with Crippen LogP contribution >= 0.6 is 0 Å². The molecule has 2 rings (SSSR count). The molecule has 0 radical (unpaired) electrons. The zero-order valence-electron chi connectivity index (χ0n) is 13.3. The van der Waals surface area contributed by atoms with Crippen LogP contribution in [0, 0.1) is 0 Å². The van der Waals surface area contributed by atoms with E-state index in [0.717, 1.165) is 5.56 Å². The van der Waals surface area contributed by atoms with Gasteiger partial charge < -0.3 is 10.4 Å². The van der Waals surface area contributed by atoms with E-state index < -0.39 is 0 Å². The van der Waals surface area contributed by atoms with Crippen molar-refractivity contribution in [3.8, 4) is 5.75 Å². The van der Waals surface area contributed by atoms with Gasteiger partial charge in [-0.3, -0.25) is 9.59 Å². The number of phenols is 1. The van der Waals surface area contributed by atoms with Crippen molar-refractivity contribution in [3.63, 3.8) is 0 Å². The molecule has 0 atom stereocenters. The fraction of sp³-hybridized carbons (Fsp3) is 0.167. The van der Waals surface area contributed by atoms with Crippen molar-refractivity contribution in [2.75, 3.05) is 5.32 Å². The van der Waals surface area contributed by atoms with Crippen molar-refractivity contribution in [1.82, 2.24) is 5.43 Å². The van der Waals surface area contributed by atoms with E-state index in [-0.39, 0.29) is 30.4 Å². The van der Waals surface area contributed by atoms with E-state index in [4.69, 9.17) is 0 Å². The first-order valence-corrected chi connectivity index (χ1v) is 7.52. The van der Waals surface area contributed by atoms with Crippen molar-refractivity contribution < 1.29 is 14.7 Å². The molecule has 0 unspecified atom stereocenters. The summed E-state index contributed by atoms with van der Waals surface area (Å²) in [6.45, 7) is 1.74. The van der Waals surface area contributed by atoms with E-state index in [1.54, 1.807) is 43.3 Å². The smallest absolute Gasteiger partial charge is 0.240 e. The number of carbonyl (C=O) groups excluding carboxylic acids is 2. The fourth-order valence-electron chi connectivity index (χ4n) is 1.94. The van der Waals surface area contributed by atoms with E-state index in [1.807, 2.05) is 18.2 Å². The van der Waals surface area contributed by atoms with Crippen LogP contribution in [0.25, 0.3) is 0 Å². The van der Waals surface area contributed by atoms with Gasteiger partial charge in [-0.1, -0.05) is 18.2 Å². The van der Waals surface area contributed by atoms with Crippen LogP contribution in [0.1, 0.15) is 25.3 Å². The highest BCUT2D eigenvalue weighted by Crippen LogP contribution is 2.10. The minimum absolute atomic E-state index is 0.0467. The number of rotatable bonds is 6. The molecule has 0 aliphatic heterocycles. The second-order valence-electron chi connectivity index (χ2n) is 5.19. The van der Waals surface area contributed by atoms with E-state index in [1.165, 1.54) is 0 Å². The van der Waals surface area contributed by atoms with Crippen molar-refractivity contribution in [2.45, 2.75) is 19.8 Å². The summed E-state index contributed by atoms with van der Waals surface area (Å²) in [6, 6.07) is 15.6. The summed E-state index contributed by atoms with van der Waals surface area (Å²) in [5.74, 6) is -0.396. The van der Waals surface area contributed by atoms with Crippen LogP contribution in [0.15, 0.2) is 59.7 Å². The summed E-state index contributed by atoms with van der Waals surface area (Å²) in [5, 5.41) is 15.9. The van der Waals surface area contributed by atoms with Crippen LogP contribution < -0.4 is 10.7 Å². The average molecular weight is 325 g/mol. The highest BCUT2D eigenvalue weighted by Gasteiger charge is 2.07. The van der Waals surface area contributed by atoms with E-state index in [0.29, 0.717) is 11.4 Å². The number of carbonyl (C=O) groups is 2. The molecule has 0 saturated carbocycles. The molecular formula is C18H19N3O3. The van der Waals surface area contributed by atoms with Gasteiger partial charge >= 0.3 is 0 Å². The first-order chi connectivity index (χ1) is 11.5. The Hall–Kier alpha value is -3.15. The van der Waals surface area contributed by atoms with Crippen LogP contribution in [0.4, 0.5) is 5.69 Å². The maximum Gasteiger partial charge on any atom is 0.240 e. The predicted octanol–water partition coefficient (Wildman–Crippen LogP) is 2.65. The number of hydrazone groups is 1. The first-order valence-electron chi connectivity index (χ1n) is 7.52. The number of nitrogens with one attached hydrogen (secondary N) is 2. The highest BCUT2D eigenvalue weighted by atomic mass is 16.3. The lowest BCUT2D eigenvalue weighted by atomic mass is 10.1. The molecule has 0 aliphatic carbocycles. The largest absolute Gasteiger partial charge is 0.508 e. The standard InChI is InChI=1S/C18H19N3O3/c1-13(14-7-9-16(22)10-8-14)20-21-18(24)12-11-17(23)19-15-5-3-2-4-6-15/h2-10,22H,11-12H2,1H3,(H,19,23)(H,21,24)/b20-13+. The van der Waals surface area contributed by atoms with Crippen LogP contribution in [-0.2, 0) is 9.59 Å². The lowest BCUT2D eigenvalue weighted by Gasteiger charge is -2.05. The normalized spacial score (nSPS) is 11.0. The Balaban J connectivity index is 1.77. The number of hydrogen-bond acceptors (Lipinski definition) is 4. The van der Waals surface area contributed by atoms with E-state index >= 15 is 0 Å². The molecule has 0 aliphatic rings. The Morgan fingerprint density at radius 1 is 0.958 bits per heavy atom. The summed E-state index contributed by atoms with van der Waals surface area (Å²) in [4.78, 5) is 23.5. The van der Waals surface area contributed by atoms with Crippen LogP contribution in [0.3, 0.4) is 0 Å². The van der Waals surface area contributed by atoms with Crippen LogP contribution in [0.2, 0.25) is 0 Å².